The second kappa shape index (κ2) is 12.0. The summed E-state index contributed by atoms with van der Waals surface area (Å²) in [6.07, 6.45) is 9.79. The minimum absolute atomic E-state index is 0.113. The van der Waals surface area contributed by atoms with Crippen LogP contribution in [0.4, 0.5) is 0 Å². The second-order valence-electron chi connectivity index (χ2n) is 9.27. The normalized spacial score (nSPS) is 17.7. The highest BCUT2D eigenvalue weighted by Crippen LogP contribution is 2.27. The summed E-state index contributed by atoms with van der Waals surface area (Å²) in [4.78, 5) is 21.2. The molecule has 1 aromatic carbocycles. The van der Waals surface area contributed by atoms with Crippen molar-refractivity contribution in [2.24, 2.45) is 5.92 Å². The van der Waals surface area contributed by atoms with Crippen molar-refractivity contribution in [2.75, 3.05) is 39.9 Å². The second-order valence-corrected chi connectivity index (χ2v) is 9.27. The number of para-hydroxylation sites is 1. The first-order valence-corrected chi connectivity index (χ1v) is 12.4. The lowest BCUT2D eigenvalue weighted by molar-refractivity contribution is -0.134. The number of hydrogen-bond acceptors (Lipinski definition) is 5. The van der Waals surface area contributed by atoms with Gasteiger partial charge in [0.1, 0.15) is 5.75 Å². The summed E-state index contributed by atoms with van der Waals surface area (Å²) in [7, 11) is 1.68. The molecule has 1 aromatic heterocycles. The fourth-order valence-corrected chi connectivity index (χ4v) is 4.99. The number of amides is 1. The van der Waals surface area contributed by atoms with Gasteiger partial charge in [0.15, 0.2) is 6.61 Å². The molecule has 0 aliphatic carbocycles. The smallest absolute Gasteiger partial charge is 0.260 e. The summed E-state index contributed by atoms with van der Waals surface area (Å²) in [5.41, 5.74) is 2.37. The Hall–Kier alpha value is -2.60. The molecule has 2 saturated heterocycles. The topological polar surface area (TPSA) is 54.9 Å². The SMILES string of the molecule is COc1ncccc1CN1CCC(CCc2ccccc2OCC(=O)N2CCCCC2)CC1. The molecule has 33 heavy (non-hydrogen) atoms. The minimum atomic E-state index is 0.113. The van der Waals surface area contributed by atoms with Crippen molar-refractivity contribution in [1.29, 1.82) is 0 Å². The summed E-state index contributed by atoms with van der Waals surface area (Å²) >= 11 is 0. The maximum absolute atomic E-state index is 12.5. The molecule has 0 radical (unpaired) electrons. The molecule has 2 aliphatic rings. The van der Waals surface area contributed by atoms with Gasteiger partial charge < -0.3 is 14.4 Å². The van der Waals surface area contributed by atoms with Crippen molar-refractivity contribution >= 4 is 5.91 Å². The van der Waals surface area contributed by atoms with Crippen LogP contribution in [0.15, 0.2) is 42.6 Å². The maximum Gasteiger partial charge on any atom is 0.260 e. The van der Waals surface area contributed by atoms with E-state index in [1.165, 1.54) is 24.8 Å². The largest absolute Gasteiger partial charge is 0.483 e. The van der Waals surface area contributed by atoms with E-state index in [2.05, 4.69) is 28.1 Å². The quantitative estimate of drug-likeness (QED) is 0.568. The number of benzene rings is 1. The van der Waals surface area contributed by atoms with Crippen molar-refractivity contribution in [2.45, 2.75) is 51.5 Å². The molecule has 178 valence electrons. The molecule has 0 saturated carbocycles. The molecular weight excluding hydrogens is 414 g/mol. The van der Waals surface area contributed by atoms with Crippen LogP contribution >= 0.6 is 0 Å². The summed E-state index contributed by atoms with van der Waals surface area (Å²) in [6.45, 7) is 4.99. The predicted molar refractivity (Wildman–Crippen MR) is 129 cm³/mol. The Morgan fingerprint density at radius 2 is 1.76 bits per heavy atom. The minimum Gasteiger partial charge on any atom is -0.483 e. The molecular formula is C27H37N3O3. The number of hydrogen-bond donors (Lipinski definition) is 0. The first-order chi connectivity index (χ1) is 16.2. The molecule has 6 nitrogen and oxygen atoms in total. The molecule has 0 atom stereocenters. The lowest BCUT2D eigenvalue weighted by Gasteiger charge is -2.32. The van der Waals surface area contributed by atoms with E-state index in [9.17, 15) is 4.79 Å². The van der Waals surface area contributed by atoms with Gasteiger partial charge in [0.2, 0.25) is 5.88 Å². The van der Waals surface area contributed by atoms with Crippen molar-refractivity contribution < 1.29 is 14.3 Å². The van der Waals surface area contributed by atoms with Crippen LogP contribution in [0.2, 0.25) is 0 Å². The lowest BCUT2D eigenvalue weighted by atomic mass is 9.90. The molecule has 0 spiro atoms. The van der Waals surface area contributed by atoms with Crippen LogP contribution in [-0.4, -0.2) is 60.6 Å². The number of ether oxygens (including phenoxy) is 2. The molecule has 3 heterocycles. The highest BCUT2D eigenvalue weighted by molar-refractivity contribution is 5.77. The Labute approximate surface area is 197 Å². The molecule has 2 fully saturated rings. The highest BCUT2D eigenvalue weighted by Gasteiger charge is 2.21. The summed E-state index contributed by atoms with van der Waals surface area (Å²) in [5.74, 6) is 2.43. The van der Waals surface area contributed by atoms with Gasteiger partial charge in [-0.2, -0.15) is 0 Å². The van der Waals surface area contributed by atoms with Crippen molar-refractivity contribution in [3.05, 3.63) is 53.7 Å². The Morgan fingerprint density at radius 1 is 1.00 bits per heavy atom. The van der Waals surface area contributed by atoms with Crippen LogP contribution in [0.3, 0.4) is 0 Å². The number of carbonyl (C=O) groups excluding carboxylic acids is 1. The summed E-state index contributed by atoms with van der Waals surface area (Å²) in [5, 5.41) is 0. The van der Waals surface area contributed by atoms with E-state index in [0.29, 0.717) is 0 Å². The molecule has 2 aliphatic heterocycles. The number of methoxy groups -OCH3 is 1. The molecule has 6 heteroatoms. The van der Waals surface area contributed by atoms with E-state index in [4.69, 9.17) is 9.47 Å². The van der Waals surface area contributed by atoms with Crippen LogP contribution in [0.1, 0.15) is 49.7 Å². The van der Waals surface area contributed by atoms with E-state index >= 15 is 0 Å². The first kappa shape index (κ1) is 23.6. The van der Waals surface area contributed by atoms with Gasteiger partial charge in [-0.25, -0.2) is 4.98 Å². The molecule has 1 amide bonds. The van der Waals surface area contributed by atoms with Gasteiger partial charge in [0, 0.05) is 31.4 Å². The van der Waals surface area contributed by atoms with Crippen LogP contribution in [0, 0.1) is 5.92 Å². The fourth-order valence-electron chi connectivity index (χ4n) is 4.99. The Balaban J connectivity index is 1.22. The number of rotatable bonds is 9. The monoisotopic (exact) mass is 451 g/mol. The number of aromatic nitrogens is 1. The maximum atomic E-state index is 12.5. The third-order valence-corrected chi connectivity index (χ3v) is 7.00. The summed E-state index contributed by atoms with van der Waals surface area (Å²) in [6, 6.07) is 12.3. The third-order valence-electron chi connectivity index (χ3n) is 7.00. The van der Waals surface area contributed by atoms with Gasteiger partial charge in [-0.1, -0.05) is 24.3 Å². The lowest BCUT2D eigenvalue weighted by Crippen LogP contribution is -2.38. The highest BCUT2D eigenvalue weighted by atomic mass is 16.5. The number of nitrogens with zero attached hydrogens (tertiary/aromatic N) is 3. The average Bonchev–Trinajstić information content (AvgIpc) is 2.88. The standard InChI is InChI=1S/C27H37N3O3/c1-32-27-24(9-7-15-28-27)20-29-18-13-22(14-19-29)11-12-23-8-3-4-10-25(23)33-21-26(31)30-16-5-2-6-17-30/h3-4,7-10,15,22H,2,5-6,11-14,16-21H2,1H3. The van der Waals surface area contributed by atoms with Gasteiger partial charge in [-0.3, -0.25) is 9.69 Å². The zero-order valence-electron chi connectivity index (χ0n) is 19.9. The van der Waals surface area contributed by atoms with Gasteiger partial charge in [-0.05, 0) is 81.6 Å². The van der Waals surface area contributed by atoms with Crippen molar-refractivity contribution in [1.82, 2.24) is 14.8 Å². The van der Waals surface area contributed by atoms with E-state index in [0.717, 1.165) is 81.5 Å². The molecule has 2 aromatic rings. The van der Waals surface area contributed by atoms with Crippen molar-refractivity contribution in [3.63, 3.8) is 0 Å². The fraction of sp³-hybridized carbons (Fsp3) is 0.556. The molecule has 0 bridgehead atoms. The van der Waals surface area contributed by atoms with Gasteiger partial charge in [0.25, 0.3) is 5.91 Å². The van der Waals surface area contributed by atoms with E-state index in [-0.39, 0.29) is 12.5 Å². The van der Waals surface area contributed by atoms with Gasteiger partial charge in [0.05, 0.1) is 7.11 Å². The molecule has 0 N–H and O–H groups in total. The van der Waals surface area contributed by atoms with Crippen LogP contribution < -0.4 is 9.47 Å². The number of carbonyl (C=O) groups is 1. The van der Waals surface area contributed by atoms with E-state index in [1.54, 1.807) is 13.3 Å². The van der Waals surface area contributed by atoms with Crippen molar-refractivity contribution in [3.8, 4) is 11.6 Å². The number of aryl methyl sites for hydroxylation is 1. The summed E-state index contributed by atoms with van der Waals surface area (Å²) < 4.78 is 11.4. The Morgan fingerprint density at radius 3 is 2.55 bits per heavy atom. The molecule has 0 unspecified atom stereocenters. The number of likely N-dealkylation sites (tertiary alicyclic amines) is 2. The Kier molecular flexibility index (Phi) is 8.59. The molecule has 4 rings (SSSR count). The third kappa shape index (κ3) is 6.70. The van der Waals surface area contributed by atoms with E-state index in [1.807, 2.05) is 23.1 Å². The first-order valence-electron chi connectivity index (χ1n) is 12.4. The zero-order chi connectivity index (χ0) is 22.9. The predicted octanol–water partition coefficient (Wildman–Crippen LogP) is 4.33. The number of piperidine rings is 2. The van der Waals surface area contributed by atoms with Crippen LogP contribution in [-0.2, 0) is 17.8 Å². The van der Waals surface area contributed by atoms with E-state index < -0.39 is 0 Å². The zero-order valence-corrected chi connectivity index (χ0v) is 19.9. The average molecular weight is 452 g/mol. The number of pyridine rings is 1. The van der Waals surface area contributed by atoms with Gasteiger partial charge in [-0.15, -0.1) is 0 Å². The van der Waals surface area contributed by atoms with Crippen LogP contribution in [0.5, 0.6) is 11.6 Å². The van der Waals surface area contributed by atoms with Gasteiger partial charge >= 0.3 is 0 Å². The van der Waals surface area contributed by atoms with Crippen LogP contribution in [0.25, 0.3) is 0 Å². The Bertz CT molecular complexity index is 890.